The average molecular weight is 188 g/mol. The molecule has 0 saturated carbocycles. The van der Waals surface area contributed by atoms with Gasteiger partial charge in [-0.15, -0.1) is 0 Å². The molecule has 0 unspecified atom stereocenters. The van der Waals surface area contributed by atoms with E-state index in [1.165, 1.54) is 6.26 Å². The highest BCUT2D eigenvalue weighted by Crippen LogP contribution is 2.00. The molecular formula is C12H12O2. The zero-order valence-electron chi connectivity index (χ0n) is 8.07. The Hall–Kier alpha value is -1.79. The first-order valence-electron chi connectivity index (χ1n) is 4.42. The average Bonchev–Trinajstić information content (AvgIpc) is 2.20. The Morgan fingerprint density at radius 3 is 2.79 bits per heavy atom. The number of carbonyl (C=O) groups is 1. The predicted octanol–water partition coefficient (Wildman–Crippen LogP) is 2.46. The zero-order valence-corrected chi connectivity index (χ0v) is 8.07. The van der Waals surface area contributed by atoms with Crippen LogP contribution in [0.5, 0.6) is 0 Å². The maximum Gasteiger partial charge on any atom is 0.315 e. The lowest BCUT2D eigenvalue weighted by atomic mass is 10.2. The molecule has 2 heteroatoms. The molecule has 0 spiro atoms. The standard InChI is InChI=1S/C12H12O2/c1-2-3-9-14-12(13)10-11-7-5-4-6-8-11/h2,4-9H,10H2,1H3. The van der Waals surface area contributed by atoms with Crippen molar-refractivity contribution in [3.63, 3.8) is 0 Å². The van der Waals surface area contributed by atoms with E-state index in [-0.39, 0.29) is 5.97 Å². The van der Waals surface area contributed by atoms with Crippen molar-refractivity contribution >= 4 is 5.97 Å². The van der Waals surface area contributed by atoms with Gasteiger partial charge in [0.2, 0.25) is 0 Å². The fourth-order valence-corrected chi connectivity index (χ4v) is 0.972. The first-order valence-corrected chi connectivity index (χ1v) is 4.42. The quantitative estimate of drug-likeness (QED) is 0.414. The van der Waals surface area contributed by atoms with Gasteiger partial charge in [0, 0.05) is 0 Å². The summed E-state index contributed by atoms with van der Waals surface area (Å²) in [6, 6.07) is 9.48. The van der Waals surface area contributed by atoms with E-state index in [0.29, 0.717) is 6.42 Å². The molecule has 0 amide bonds. The molecule has 0 saturated heterocycles. The minimum absolute atomic E-state index is 0.273. The van der Waals surface area contributed by atoms with Crippen molar-refractivity contribution in [2.24, 2.45) is 0 Å². The van der Waals surface area contributed by atoms with Crippen LogP contribution in [-0.4, -0.2) is 5.97 Å². The lowest BCUT2D eigenvalue weighted by molar-refractivity contribution is -0.137. The monoisotopic (exact) mass is 188 g/mol. The predicted molar refractivity (Wildman–Crippen MR) is 54.6 cm³/mol. The second kappa shape index (κ2) is 5.79. The smallest absolute Gasteiger partial charge is 0.315 e. The summed E-state index contributed by atoms with van der Waals surface area (Å²) in [5.74, 6) is -0.273. The molecule has 1 aromatic carbocycles. The lowest BCUT2D eigenvalue weighted by Gasteiger charge is -1.97. The number of benzene rings is 1. The van der Waals surface area contributed by atoms with Gasteiger partial charge in [0.15, 0.2) is 0 Å². The molecule has 0 fully saturated rings. The number of rotatable bonds is 3. The van der Waals surface area contributed by atoms with Gasteiger partial charge in [0.25, 0.3) is 0 Å². The molecule has 0 heterocycles. The van der Waals surface area contributed by atoms with E-state index >= 15 is 0 Å². The second-order valence-corrected chi connectivity index (χ2v) is 2.73. The van der Waals surface area contributed by atoms with Crippen LogP contribution in [0, 0.1) is 0 Å². The van der Waals surface area contributed by atoms with Gasteiger partial charge in [0.05, 0.1) is 6.42 Å². The van der Waals surface area contributed by atoms with E-state index in [4.69, 9.17) is 4.74 Å². The van der Waals surface area contributed by atoms with Crippen LogP contribution in [0.3, 0.4) is 0 Å². The van der Waals surface area contributed by atoms with Gasteiger partial charge in [-0.05, 0) is 18.6 Å². The largest absolute Gasteiger partial charge is 0.426 e. The van der Waals surface area contributed by atoms with Crippen molar-refractivity contribution in [3.8, 4) is 0 Å². The Kier molecular flexibility index (Phi) is 4.25. The van der Waals surface area contributed by atoms with Crippen LogP contribution in [0.25, 0.3) is 0 Å². The summed E-state index contributed by atoms with van der Waals surface area (Å²) in [5, 5.41) is 0. The first kappa shape index (κ1) is 10.3. The number of carbonyl (C=O) groups excluding carboxylic acids is 1. The van der Waals surface area contributed by atoms with Crippen molar-refractivity contribution in [1.82, 2.24) is 0 Å². The normalized spacial score (nSPS) is 8.64. The minimum Gasteiger partial charge on any atom is -0.426 e. The molecule has 0 aliphatic carbocycles. The number of allylic oxidation sites excluding steroid dienone is 1. The molecule has 2 nitrogen and oxygen atoms in total. The number of hydrogen-bond acceptors (Lipinski definition) is 2. The van der Waals surface area contributed by atoms with Crippen LogP contribution in [0.15, 0.2) is 48.4 Å². The summed E-state index contributed by atoms with van der Waals surface area (Å²) in [7, 11) is 0. The first-order chi connectivity index (χ1) is 6.83. The van der Waals surface area contributed by atoms with E-state index in [1.54, 1.807) is 6.08 Å². The molecule has 72 valence electrons. The maximum absolute atomic E-state index is 11.2. The van der Waals surface area contributed by atoms with Crippen LogP contribution >= 0.6 is 0 Å². The summed E-state index contributed by atoms with van der Waals surface area (Å²) in [6.07, 6.45) is 3.24. The van der Waals surface area contributed by atoms with Gasteiger partial charge in [-0.2, -0.15) is 0 Å². The molecule has 0 aliphatic heterocycles. The number of hydrogen-bond donors (Lipinski definition) is 0. The molecule has 1 aromatic rings. The fourth-order valence-electron chi connectivity index (χ4n) is 0.972. The second-order valence-electron chi connectivity index (χ2n) is 2.73. The Labute approximate surface area is 83.5 Å². The third-order valence-corrected chi connectivity index (χ3v) is 1.62. The highest BCUT2D eigenvalue weighted by Gasteiger charge is 2.01. The van der Waals surface area contributed by atoms with Crippen molar-refractivity contribution in [2.45, 2.75) is 13.3 Å². The van der Waals surface area contributed by atoms with E-state index in [9.17, 15) is 4.79 Å². The van der Waals surface area contributed by atoms with Crippen LogP contribution in [-0.2, 0) is 16.0 Å². The summed E-state index contributed by atoms with van der Waals surface area (Å²) in [4.78, 5) is 11.2. The van der Waals surface area contributed by atoms with E-state index < -0.39 is 0 Å². The highest BCUT2D eigenvalue weighted by atomic mass is 16.5. The van der Waals surface area contributed by atoms with Crippen molar-refractivity contribution in [1.29, 1.82) is 0 Å². The Morgan fingerprint density at radius 2 is 2.14 bits per heavy atom. The van der Waals surface area contributed by atoms with Crippen molar-refractivity contribution in [2.75, 3.05) is 0 Å². The topological polar surface area (TPSA) is 26.3 Å². The summed E-state index contributed by atoms with van der Waals surface area (Å²) >= 11 is 0. The van der Waals surface area contributed by atoms with E-state index in [0.717, 1.165) is 5.56 Å². The molecule has 0 N–H and O–H groups in total. The Morgan fingerprint density at radius 1 is 1.43 bits per heavy atom. The van der Waals surface area contributed by atoms with Crippen LogP contribution in [0.1, 0.15) is 12.5 Å². The lowest BCUT2D eigenvalue weighted by Crippen LogP contribution is -2.03. The van der Waals surface area contributed by atoms with Gasteiger partial charge in [-0.3, -0.25) is 4.79 Å². The molecule has 0 aromatic heterocycles. The van der Waals surface area contributed by atoms with Gasteiger partial charge in [-0.1, -0.05) is 36.1 Å². The van der Waals surface area contributed by atoms with Crippen molar-refractivity contribution < 1.29 is 9.53 Å². The number of ether oxygens (including phenoxy) is 1. The fraction of sp³-hybridized carbons (Fsp3) is 0.167. The summed E-state index contributed by atoms with van der Waals surface area (Å²) < 4.78 is 4.78. The molecular weight excluding hydrogens is 176 g/mol. The molecule has 0 aliphatic rings. The van der Waals surface area contributed by atoms with Gasteiger partial charge in [0.1, 0.15) is 6.26 Å². The van der Waals surface area contributed by atoms with Gasteiger partial charge < -0.3 is 4.74 Å². The molecule has 14 heavy (non-hydrogen) atoms. The zero-order chi connectivity index (χ0) is 10.2. The molecule has 0 radical (unpaired) electrons. The third-order valence-electron chi connectivity index (χ3n) is 1.62. The number of esters is 1. The third kappa shape index (κ3) is 3.74. The minimum atomic E-state index is -0.273. The van der Waals surface area contributed by atoms with Gasteiger partial charge in [-0.25, -0.2) is 0 Å². The van der Waals surface area contributed by atoms with Crippen LogP contribution in [0.2, 0.25) is 0 Å². The summed E-state index contributed by atoms with van der Waals surface area (Å²) in [6.45, 7) is 1.81. The SMILES string of the molecule is CC=C=COC(=O)Cc1ccccc1. The van der Waals surface area contributed by atoms with Crippen molar-refractivity contribution in [3.05, 3.63) is 54.0 Å². The summed E-state index contributed by atoms with van der Waals surface area (Å²) in [5.41, 5.74) is 3.62. The molecule has 0 bridgehead atoms. The maximum atomic E-state index is 11.2. The highest BCUT2D eigenvalue weighted by molar-refractivity contribution is 5.73. The molecule has 0 atom stereocenters. The van der Waals surface area contributed by atoms with E-state index in [1.807, 2.05) is 37.3 Å². The Balaban J connectivity index is 2.46. The van der Waals surface area contributed by atoms with Crippen LogP contribution < -0.4 is 0 Å². The van der Waals surface area contributed by atoms with Crippen LogP contribution in [0.4, 0.5) is 0 Å². The van der Waals surface area contributed by atoms with Gasteiger partial charge >= 0.3 is 5.97 Å². The van der Waals surface area contributed by atoms with E-state index in [2.05, 4.69) is 5.73 Å². The molecule has 1 rings (SSSR count). The Bertz CT molecular complexity index is 346.